The van der Waals surface area contributed by atoms with E-state index in [1.54, 1.807) is 17.7 Å². The highest BCUT2D eigenvalue weighted by Gasteiger charge is 2.17. The van der Waals surface area contributed by atoms with Gasteiger partial charge in [-0.2, -0.15) is 0 Å². The van der Waals surface area contributed by atoms with E-state index >= 15 is 0 Å². The molecule has 5 aromatic carbocycles. The second-order valence-electron chi connectivity index (χ2n) is 10.6. The van der Waals surface area contributed by atoms with Crippen molar-refractivity contribution in [3.8, 4) is 45.4 Å². The van der Waals surface area contributed by atoms with Crippen LogP contribution in [0.5, 0.6) is 0 Å². The van der Waals surface area contributed by atoms with Gasteiger partial charge in [-0.3, -0.25) is 0 Å². The molecule has 206 valence electrons. The topological polar surface area (TPSA) is 77.6 Å². The zero-order valence-electron chi connectivity index (χ0n) is 23.2. The predicted octanol–water partition coefficient (Wildman–Crippen LogP) is 9.60. The number of fused-ring (bicyclic) bond motifs is 6. The summed E-state index contributed by atoms with van der Waals surface area (Å²) in [5, 5.41) is 3.27. The van der Waals surface area contributed by atoms with Crippen LogP contribution in [0.2, 0.25) is 0 Å². The summed E-state index contributed by atoms with van der Waals surface area (Å²) in [6, 6.07) is 41.0. The number of furan rings is 1. The molecule has 6 nitrogen and oxygen atoms in total. The lowest BCUT2D eigenvalue weighted by Crippen LogP contribution is -2.00. The molecular formula is C37H21N5OS. The van der Waals surface area contributed by atoms with Crippen LogP contribution in [0.4, 0.5) is 0 Å². The molecule has 0 spiro atoms. The molecule has 0 aliphatic rings. The molecule has 0 atom stereocenters. The van der Waals surface area contributed by atoms with Crippen LogP contribution in [-0.2, 0) is 0 Å². The number of hydrogen-bond acceptors (Lipinski definition) is 7. The Labute approximate surface area is 255 Å². The summed E-state index contributed by atoms with van der Waals surface area (Å²) in [4.78, 5) is 23.9. The van der Waals surface area contributed by atoms with Crippen molar-refractivity contribution in [2.24, 2.45) is 0 Å². The van der Waals surface area contributed by atoms with E-state index in [1.165, 1.54) is 9.40 Å². The van der Waals surface area contributed by atoms with Crippen molar-refractivity contribution in [1.29, 1.82) is 0 Å². The predicted molar refractivity (Wildman–Crippen MR) is 177 cm³/mol. The summed E-state index contributed by atoms with van der Waals surface area (Å²) in [5.74, 6) is 1.92. The standard InChI is InChI=1S/C37H21N5OS/c1-3-9-22(10-4-1)35-40-36(23-11-5-2-6-12-23)42-37(41-35)25-16-18-31-28(20-25)27-19-24(15-17-30(27)44-31)32-34-33(39-21-38-32)26-13-7-8-14-29(26)43-34/h1-21H. The van der Waals surface area contributed by atoms with Crippen molar-refractivity contribution in [3.05, 3.63) is 128 Å². The molecule has 4 heterocycles. The fourth-order valence-corrected chi connectivity index (χ4v) is 6.80. The number of thiophene rings is 1. The van der Waals surface area contributed by atoms with Gasteiger partial charge in [-0.1, -0.05) is 78.9 Å². The lowest BCUT2D eigenvalue weighted by molar-refractivity contribution is 0.667. The maximum absolute atomic E-state index is 6.25. The van der Waals surface area contributed by atoms with Crippen molar-refractivity contribution in [2.75, 3.05) is 0 Å². The average Bonchev–Trinajstić information content (AvgIpc) is 3.66. The smallest absolute Gasteiger partial charge is 0.180 e. The molecule has 0 N–H and O–H groups in total. The summed E-state index contributed by atoms with van der Waals surface area (Å²) < 4.78 is 8.63. The van der Waals surface area contributed by atoms with E-state index in [0.717, 1.165) is 55.2 Å². The van der Waals surface area contributed by atoms with Gasteiger partial charge in [-0.25, -0.2) is 24.9 Å². The van der Waals surface area contributed by atoms with E-state index in [2.05, 4.69) is 46.4 Å². The van der Waals surface area contributed by atoms with E-state index < -0.39 is 0 Å². The van der Waals surface area contributed by atoms with Crippen LogP contribution in [0.3, 0.4) is 0 Å². The fourth-order valence-electron chi connectivity index (χ4n) is 5.73. The maximum atomic E-state index is 6.25. The molecular weight excluding hydrogens is 563 g/mol. The molecule has 0 radical (unpaired) electrons. The monoisotopic (exact) mass is 583 g/mol. The highest BCUT2D eigenvalue weighted by Crippen LogP contribution is 2.40. The third kappa shape index (κ3) is 4.06. The molecule has 7 heteroatoms. The first-order valence-electron chi connectivity index (χ1n) is 14.2. The Morgan fingerprint density at radius 3 is 1.73 bits per heavy atom. The Morgan fingerprint density at radius 2 is 1.05 bits per heavy atom. The van der Waals surface area contributed by atoms with Crippen LogP contribution < -0.4 is 0 Å². The van der Waals surface area contributed by atoms with E-state index in [-0.39, 0.29) is 0 Å². The minimum absolute atomic E-state index is 0.634. The number of nitrogens with zero attached hydrogens (tertiary/aromatic N) is 5. The van der Waals surface area contributed by atoms with Crippen molar-refractivity contribution < 1.29 is 4.42 Å². The first-order valence-corrected chi connectivity index (χ1v) is 15.1. The van der Waals surface area contributed by atoms with Crippen molar-refractivity contribution in [1.82, 2.24) is 24.9 Å². The average molecular weight is 584 g/mol. The second-order valence-corrected chi connectivity index (χ2v) is 11.6. The van der Waals surface area contributed by atoms with Crippen molar-refractivity contribution in [2.45, 2.75) is 0 Å². The van der Waals surface area contributed by atoms with E-state index in [4.69, 9.17) is 19.4 Å². The molecule has 0 fully saturated rings. The van der Waals surface area contributed by atoms with Gasteiger partial charge in [-0.15, -0.1) is 11.3 Å². The third-order valence-electron chi connectivity index (χ3n) is 7.86. The second kappa shape index (κ2) is 9.90. The quantitative estimate of drug-likeness (QED) is 0.205. The van der Waals surface area contributed by atoms with Gasteiger partial charge in [0.05, 0.1) is 0 Å². The van der Waals surface area contributed by atoms with E-state index in [9.17, 15) is 0 Å². The Bertz CT molecular complexity index is 2450. The van der Waals surface area contributed by atoms with Crippen LogP contribution in [0.15, 0.2) is 132 Å². The van der Waals surface area contributed by atoms with E-state index in [1.807, 2.05) is 84.9 Å². The van der Waals surface area contributed by atoms with E-state index in [0.29, 0.717) is 23.1 Å². The van der Waals surface area contributed by atoms with Crippen LogP contribution >= 0.6 is 11.3 Å². The van der Waals surface area contributed by atoms with Gasteiger partial charge in [0.25, 0.3) is 0 Å². The molecule has 0 amide bonds. The Balaban J connectivity index is 1.22. The molecule has 9 rings (SSSR count). The van der Waals surface area contributed by atoms with Crippen LogP contribution in [-0.4, -0.2) is 24.9 Å². The summed E-state index contributed by atoms with van der Waals surface area (Å²) in [6.45, 7) is 0. The Kier molecular flexibility index (Phi) is 5.57. The SMILES string of the molecule is c1ccc(-c2nc(-c3ccccc3)nc(-c3ccc4sc5ccc(-c6ncnc7c6oc6ccccc67)cc5c4c3)n2)cc1. The fraction of sp³-hybridized carbons (Fsp3) is 0. The first kappa shape index (κ1) is 24.8. The van der Waals surface area contributed by atoms with Crippen LogP contribution in [0.25, 0.3) is 87.7 Å². The molecule has 0 unspecified atom stereocenters. The minimum Gasteiger partial charge on any atom is -0.452 e. The van der Waals surface area contributed by atoms with Gasteiger partial charge in [0, 0.05) is 47.8 Å². The van der Waals surface area contributed by atoms with Gasteiger partial charge in [0.15, 0.2) is 23.1 Å². The molecule has 0 saturated heterocycles. The van der Waals surface area contributed by atoms with Crippen molar-refractivity contribution in [3.63, 3.8) is 0 Å². The molecule has 0 bridgehead atoms. The molecule has 44 heavy (non-hydrogen) atoms. The Morgan fingerprint density at radius 1 is 0.477 bits per heavy atom. The number of para-hydroxylation sites is 1. The lowest BCUT2D eigenvalue weighted by Gasteiger charge is -2.08. The molecule has 0 aliphatic carbocycles. The first-order chi connectivity index (χ1) is 21.8. The highest BCUT2D eigenvalue weighted by molar-refractivity contribution is 7.25. The molecule has 9 aromatic rings. The summed E-state index contributed by atoms with van der Waals surface area (Å²) in [5.41, 5.74) is 6.90. The molecule has 4 aromatic heterocycles. The lowest BCUT2D eigenvalue weighted by atomic mass is 10.0. The zero-order valence-corrected chi connectivity index (χ0v) is 24.0. The summed E-state index contributed by atoms with van der Waals surface area (Å²) in [6.07, 6.45) is 1.61. The molecule has 0 saturated carbocycles. The number of aromatic nitrogens is 5. The summed E-state index contributed by atoms with van der Waals surface area (Å²) >= 11 is 1.77. The third-order valence-corrected chi connectivity index (χ3v) is 9.01. The Hall–Kier alpha value is -5.79. The summed E-state index contributed by atoms with van der Waals surface area (Å²) in [7, 11) is 0. The van der Waals surface area contributed by atoms with Gasteiger partial charge in [0.1, 0.15) is 23.1 Å². The molecule has 0 aliphatic heterocycles. The number of hydrogen-bond donors (Lipinski definition) is 0. The van der Waals surface area contributed by atoms with Gasteiger partial charge in [0.2, 0.25) is 0 Å². The van der Waals surface area contributed by atoms with Crippen LogP contribution in [0, 0.1) is 0 Å². The van der Waals surface area contributed by atoms with Crippen molar-refractivity contribution >= 4 is 53.6 Å². The largest absolute Gasteiger partial charge is 0.452 e. The zero-order chi connectivity index (χ0) is 29.0. The van der Waals surface area contributed by atoms with Crippen LogP contribution in [0.1, 0.15) is 0 Å². The van der Waals surface area contributed by atoms with Gasteiger partial charge in [-0.05, 0) is 42.5 Å². The number of benzene rings is 5. The highest BCUT2D eigenvalue weighted by atomic mass is 32.1. The van der Waals surface area contributed by atoms with Gasteiger partial charge >= 0.3 is 0 Å². The maximum Gasteiger partial charge on any atom is 0.180 e. The van der Waals surface area contributed by atoms with Gasteiger partial charge < -0.3 is 4.42 Å². The number of rotatable bonds is 4. The normalized spacial score (nSPS) is 11.6. The minimum atomic E-state index is 0.634.